The normalized spacial score (nSPS) is 13.5. The molecule has 0 aliphatic heterocycles. The van der Waals surface area contributed by atoms with Crippen LogP contribution in [0.3, 0.4) is 0 Å². The molecule has 236 valence electrons. The Balaban J connectivity index is 1.83. The van der Waals surface area contributed by atoms with Gasteiger partial charge in [0.2, 0.25) is 10.0 Å². The number of benzene rings is 2. The van der Waals surface area contributed by atoms with Crippen molar-refractivity contribution in [3.8, 4) is 0 Å². The average Bonchev–Trinajstić information content (AvgIpc) is 2.89. The summed E-state index contributed by atoms with van der Waals surface area (Å²) in [6.45, 7) is 5.55. The summed E-state index contributed by atoms with van der Waals surface area (Å²) in [5.74, 6) is 0.0570. The summed E-state index contributed by atoms with van der Waals surface area (Å²) in [6.07, 6.45) is -6.59. The lowest BCUT2D eigenvalue weighted by Crippen LogP contribution is -2.47. The van der Waals surface area contributed by atoms with Gasteiger partial charge >= 0.3 is 12.4 Å². The van der Waals surface area contributed by atoms with Gasteiger partial charge in [0.25, 0.3) is 0 Å². The van der Waals surface area contributed by atoms with Gasteiger partial charge in [-0.2, -0.15) is 26.3 Å². The first-order valence-electron chi connectivity index (χ1n) is 13.5. The van der Waals surface area contributed by atoms with Crippen LogP contribution in [-0.2, 0) is 22.4 Å². The number of rotatable bonds is 14. The minimum Gasteiger partial charge on any atom is -0.358 e. The maximum Gasteiger partial charge on any atom is 0.416 e. The number of nitrogens with zero attached hydrogens (tertiary/aromatic N) is 2. The lowest BCUT2D eigenvalue weighted by atomic mass is 10.0. The Kier molecular flexibility index (Phi) is 13.1. The number of halogens is 6. The smallest absolute Gasteiger partial charge is 0.358 e. The van der Waals surface area contributed by atoms with Crippen LogP contribution in [0.4, 0.5) is 32.0 Å². The fourth-order valence-corrected chi connectivity index (χ4v) is 5.67. The van der Waals surface area contributed by atoms with E-state index in [1.54, 1.807) is 37.4 Å². The van der Waals surface area contributed by atoms with Gasteiger partial charge in [-0.25, -0.2) is 12.7 Å². The first-order valence-corrected chi connectivity index (χ1v) is 15.3. The van der Waals surface area contributed by atoms with Crippen molar-refractivity contribution in [2.75, 3.05) is 39.0 Å². The van der Waals surface area contributed by atoms with Crippen molar-refractivity contribution in [2.45, 2.75) is 62.8 Å². The Labute approximate surface area is 249 Å². The fraction of sp³-hybridized carbons (Fsp3) is 0.536. The minimum absolute atomic E-state index is 0.0570. The van der Waals surface area contributed by atoms with Gasteiger partial charge in [-0.1, -0.05) is 44.9 Å². The molecule has 0 fully saturated rings. The SMILES string of the molecule is CC(C)[C@@H](CN(C)CCCCCCN(C)S(=O)(=O)c1ccccc1)NC(=S)Nc1cc(C(F)(F)F)cc(C(F)(F)F)c1. The van der Waals surface area contributed by atoms with E-state index in [-0.39, 0.29) is 28.0 Å². The van der Waals surface area contributed by atoms with Gasteiger partial charge in [0.05, 0.1) is 16.0 Å². The topological polar surface area (TPSA) is 64.7 Å². The molecule has 2 rings (SSSR count). The second-order valence-electron chi connectivity index (χ2n) is 10.6. The van der Waals surface area contributed by atoms with E-state index in [4.69, 9.17) is 12.2 Å². The lowest BCUT2D eigenvalue weighted by molar-refractivity contribution is -0.143. The van der Waals surface area contributed by atoms with Crippen molar-refractivity contribution in [1.29, 1.82) is 0 Å². The fourth-order valence-electron chi connectivity index (χ4n) is 4.18. The summed E-state index contributed by atoms with van der Waals surface area (Å²) in [5, 5.41) is 5.41. The van der Waals surface area contributed by atoms with Gasteiger partial charge in [0.1, 0.15) is 0 Å². The quantitative estimate of drug-likeness (QED) is 0.134. The first kappa shape index (κ1) is 35.8. The van der Waals surface area contributed by atoms with E-state index in [1.165, 1.54) is 4.31 Å². The molecular formula is C28H38F6N4O2S2. The van der Waals surface area contributed by atoms with Gasteiger partial charge in [0, 0.05) is 31.9 Å². The van der Waals surface area contributed by atoms with Crippen LogP contribution in [-0.4, -0.2) is 62.5 Å². The Bertz CT molecular complexity index is 1220. The van der Waals surface area contributed by atoms with Crippen molar-refractivity contribution in [2.24, 2.45) is 5.92 Å². The van der Waals surface area contributed by atoms with Crippen LogP contribution >= 0.6 is 12.2 Å². The van der Waals surface area contributed by atoms with Gasteiger partial charge < -0.3 is 15.5 Å². The summed E-state index contributed by atoms with van der Waals surface area (Å²) in [5.41, 5.74) is -3.26. The number of alkyl halides is 6. The standard InChI is InChI=1S/C28H38F6N4O2S2/c1-20(2)25(36-26(41)35-23-17-21(27(29,30)31)16-22(18-23)28(32,33)34)19-37(3)14-10-5-6-11-15-38(4)42(39,40)24-12-8-7-9-13-24/h7-9,12-13,16-18,20,25H,5-6,10-11,14-15,19H2,1-4H3,(H2,35,36,41)/t25-/m1/s1. The Morgan fingerprint density at radius 1 is 0.857 bits per heavy atom. The zero-order valence-electron chi connectivity index (χ0n) is 24.0. The molecule has 0 aromatic heterocycles. The number of nitrogens with one attached hydrogen (secondary N) is 2. The molecule has 0 unspecified atom stereocenters. The molecule has 0 saturated carbocycles. The van der Waals surface area contributed by atoms with Crippen LogP contribution in [0.15, 0.2) is 53.4 Å². The summed E-state index contributed by atoms with van der Waals surface area (Å²) in [6, 6.07) is 9.30. The lowest BCUT2D eigenvalue weighted by Gasteiger charge is -2.29. The third kappa shape index (κ3) is 11.3. The van der Waals surface area contributed by atoms with Crippen LogP contribution in [0.5, 0.6) is 0 Å². The Morgan fingerprint density at radius 3 is 1.88 bits per heavy atom. The summed E-state index contributed by atoms with van der Waals surface area (Å²) < 4.78 is 106. The van der Waals surface area contributed by atoms with E-state index in [0.29, 0.717) is 31.6 Å². The predicted molar refractivity (Wildman–Crippen MR) is 157 cm³/mol. The van der Waals surface area contributed by atoms with E-state index in [9.17, 15) is 34.8 Å². The third-order valence-corrected chi connectivity index (χ3v) is 8.78. The molecule has 42 heavy (non-hydrogen) atoms. The molecule has 0 aliphatic rings. The molecule has 2 aromatic carbocycles. The van der Waals surface area contributed by atoms with Crippen molar-refractivity contribution in [3.05, 3.63) is 59.7 Å². The Morgan fingerprint density at radius 2 is 1.38 bits per heavy atom. The highest BCUT2D eigenvalue weighted by Crippen LogP contribution is 2.37. The zero-order chi connectivity index (χ0) is 31.7. The first-order chi connectivity index (χ1) is 19.4. The predicted octanol–water partition coefficient (Wildman–Crippen LogP) is 6.85. The molecular weight excluding hydrogens is 602 g/mol. The largest absolute Gasteiger partial charge is 0.416 e. The van der Waals surface area contributed by atoms with Gasteiger partial charge in [-0.3, -0.25) is 0 Å². The van der Waals surface area contributed by atoms with E-state index in [2.05, 4.69) is 15.5 Å². The van der Waals surface area contributed by atoms with E-state index in [1.807, 2.05) is 20.9 Å². The summed E-state index contributed by atoms with van der Waals surface area (Å²) in [4.78, 5) is 2.33. The second-order valence-corrected chi connectivity index (χ2v) is 13.0. The number of hydrogen-bond donors (Lipinski definition) is 2. The molecule has 6 nitrogen and oxygen atoms in total. The number of likely N-dealkylation sites (N-methyl/N-ethyl adjacent to an activating group) is 1. The maximum atomic E-state index is 13.2. The monoisotopic (exact) mass is 640 g/mol. The number of anilines is 1. The third-order valence-electron chi connectivity index (χ3n) is 6.69. The molecule has 0 bridgehead atoms. The summed E-state index contributed by atoms with van der Waals surface area (Å²) >= 11 is 5.22. The minimum atomic E-state index is -4.95. The van der Waals surface area contributed by atoms with Crippen LogP contribution in [0.1, 0.15) is 50.7 Å². The molecule has 0 spiro atoms. The molecule has 14 heteroatoms. The molecule has 0 radical (unpaired) electrons. The van der Waals surface area contributed by atoms with Crippen LogP contribution in [0.25, 0.3) is 0 Å². The van der Waals surface area contributed by atoms with Crippen molar-refractivity contribution in [3.63, 3.8) is 0 Å². The molecule has 1 atom stereocenters. The molecule has 0 aliphatic carbocycles. The maximum absolute atomic E-state index is 13.2. The van der Waals surface area contributed by atoms with Crippen LogP contribution in [0.2, 0.25) is 0 Å². The Hall–Kier alpha value is -2.42. The van der Waals surface area contributed by atoms with Crippen LogP contribution < -0.4 is 10.6 Å². The highest BCUT2D eigenvalue weighted by molar-refractivity contribution is 7.89. The van der Waals surface area contributed by atoms with Gasteiger partial charge in [-0.15, -0.1) is 0 Å². The summed E-state index contributed by atoms with van der Waals surface area (Å²) in [7, 11) is -0.0328. The van der Waals surface area contributed by atoms with E-state index < -0.39 is 39.2 Å². The highest BCUT2D eigenvalue weighted by atomic mass is 32.2. The van der Waals surface area contributed by atoms with Crippen molar-refractivity contribution < 1.29 is 34.8 Å². The van der Waals surface area contributed by atoms with Gasteiger partial charge in [0.15, 0.2) is 5.11 Å². The second kappa shape index (κ2) is 15.3. The van der Waals surface area contributed by atoms with Crippen LogP contribution in [0, 0.1) is 5.92 Å². The number of unbranched alkanes of at least 4 members (excludes halogenated alkanes) is 3. The van der Waals surface area contributed by atoms with E-state index in [0.717, 1.165) is 25.8 Å². The number of thiocarbonyl (C=S) groups is 1. The zero-order valence-corrected chi connectivity index (χ0v) is 25.7. The molecule has 0 heterocycles. The van der Waals surface area contributed by atoms with Crippen molar-refractivity contribution in [1.82, 2.24) is 14.5 Å². The molecule has 2 N–H and O–H groups in total. The molecule has 0 amide bonds. The average molecular weight is 641 g/mol. The van der Waals surface area contributed by atoms with Crippen molar-refractivity contribution >= 4 is 33.0 Å². The molecule has 2 aromatic rings. The number of sulfonamides is 1. The van der Waals surface area contributed by atoms with Gasteiger partial charge in [-0.05, 0) is 74.9 Å². The number of hydrogen-bond acceptors (Lipinski definition) is 4. The highest BCUT2D eigenvalue weighted by Gasteiger charge is 2.37. The van der Waals surface area contributed by atoms with E-state index >= 15 is 0 Å². The molecule has 0 saturated heterocycles.